The van der Waals surface area contributed by atoms with E-state index in [-0.39, 0.29) is 0 Å². The van der Waals surface area contributed by atoms with Gasteiger partial charge >= 0.3 is 0 Å². The van der Waals surface area contributed by atoms with Crippen molar-refractivity contribution in [2.75, 3.05) is 5.73 Å². The zero-order chi connectivity index (χ0) is 10.8. The molecule has 0 amide bonds. The van der Waals surface area contributed by atoms with Gasteiger partial charge in [-0.05, 0) is 48.4 Å². The van der Waals surface area contributed by atoms with Crippen LogP contribution in [0.2, 0.25) is 0 Å². The quantitative estimate of drug-likeness (QED) is 0.689. The van der Waals surface area contributed by atoms with Crippen LogP contribution in [-0.2, 0) is 0 Å². The first-order chi connectivity index (χ1) is 7.16. The highest BCUT2D eigenvalue weighted by atomic mass is 14.5. The first-order valence-electron chi connectivity index (χ1n) is 6.04. The number of rotatable bonds is 1. The average Bonchev–Trinajstić information content (AvgIpc) is 2.16. The summed E-state index contributed by atoms with van der Waals surface area (Å²) in [4.78, 5) is 0. The molecule has 2 rings (SSSR count). The van der Waals surface area contributed by atoms with E-state index in [0.717, 1.165) is 17.5 Å². The van der Waals surface area contributed by atoms with Crippen molar-refractivity contribution in [3.05, 3.63) is 29.3 Å². The van der Waals surface area contributed by atoms with E-state index in [9.17, 15) is 0 Å². The fourth-order valence-electron chi connectivity index (χ4n) is 2.87. The molecule has 1 fully saturated rings. The first-order valence-corrected chi connectivity index (χ1v) is 6.04. The van der Waals surface area contributed by atoms with Gasteiger partial charge < -0.3 is 5.73 Å². The van der Waals surface area contributed by atoms with E-state index < -0.39 is 0 Å². The Morgan fingerprint density at radius 2 is 1.87 bits per heavy atom. The molecule has 1 saturated carbocycles. The Morgan fingerprint density at radius 3 is 2.53 bits per heavy atom. The molecule has 0 aromatic heterocycles. The molecular weight excluding hydrogens is 182 g/mol. The molecule has 1 aromatic rings. The summed E-state index contributed by atoms with van der Waals surface area (Å²) in [5, 5.41) is 0. The van der Waals surface area contributed by atoms with Crippen LogP contribution in [0.3, 0.4) is 0 Å². The number of nitrogen functional groups attached to an aromatic ring is 1. The van der Waals surface area contributed by atoms with Crippen LogP contribution in [-0.4, -0.2) is 0 Å². The number of aryl methyl sites for hydroxylation is 1. The molecule has 1 heteroatoms. The van der Waals surface area contributed by atoms with Crippen LogP contribution in [0, 0.1) is 12.8 Å². The molecule has 2 atom stereocenters. The van der Waals surface area contributed by atoms with Crippen molar-refractivity contribution in [1.82, 2.24) is 0 Å². The number of anilines is 1. The number of benzene rings is 1. The molecular formula is C14H21N. The summed E-state index contributed by atoms with van der Waals surface area (Å²) < 4.78 is 0. The predicted octanol–water partition coefficient (Wildman–Crippen LogP) is 3.87. The maximum Gasteiger partial charge on any atom is 0.0319 e. The highest BCUT2D eigenvalue weighted by Crippen LogP contribution is 2.38. The second-order valence-electron chi connectivity index (χ2n) is 5.05. The fraction of sp³-hybridized carbons (Fsp3) is 0.571. The molecule has 0 saturated heterocycles. The summed E-state index contributed by atoms with van der Waals surface area (Å²) in [6.07, 6.45) is 5.49. The smallest absolute Gasteiger partial charge is 0.0319 e. The number of nitrogens with two attached hydrogens (primary N) is 1. The normalized spacial score (nSPS) is 26.5. The van der Waals surface area contributed by atoms with Crippen molar-refractivity contribution in [3.8, 4) is 0 Å². The van der Waals surface area contributed by atoms with Crippen molar-refractivity contribution < 1.29 is 0 Å². The van der Waals surface area contributed by atoms with Gasteiger partial charge in [0.1, 0.15) is 0 Å². The molecule has 0 bridgehead atoms. The highest BCUT2D eigenvalue weighted by Gasteiger charge is 2.22. The van der Waals surface area contributed by atoms with Gasteiger partial charge in [0.2, 0.25) is 0 Å². The molecule has 2 unspecified atom stereocenters. The van der Waals surface area contributed by atoms with Gasteiger partial charge in [0, 0.05) is 5.69 Å². The number of hydrogen-bond donors (Lipinski definition) is 1. The van der Waals surface area contributed by atoms with Gasteiger partial charge in [0.05, 0.1) is 0 Å². The van der Waals surface area contributed by atoms with Crippen molar-refractivity contribution in [3.63, 3.8) is 0 Å². The van der Waals surface area contributed by atoms with E-state index in [1.807, 2.05) is 0 Å². The molecule has 1 aromatic carbocycles. The molecule has 1 aliphatic carbocycles. The second-order valence-corrected chi connectivity index (χ2v) is 5.05. The van der Waals surface area contributed by atoms with Crippen LogP contribution in [0.4, 0.5) is 5.69 Å². The minimum Gasteiger partial charge on any atom is -0.399 e. The zero-order valence-electron chi connectivity index (χ0n) is 9.79. The molecule has 0 spiro atoms. The lowest BCUT2D eigenvalue weighted by molar-refractivity contribution is 0.330. The lowest BCUT2D eigenvalue weighted by atomic mass is 9.76. The molecule has 0 radical (unpaired) electrons. The highest BCUT2D eigenvalue weighted by molar-refractivity contribution is 5.45. The maximum absolute atomic E-state index is 5.91. The van der Waals surface area contributed by atoms with Gasteiger partial charge in [-0.25, -0.2) is 0 Å². The van der Waals surface area contributed by atoms with Crippen molar-refractivity contribution in [2.24, 2.45) is 5.92 Å². The van der Waals surface area contributed by atoms with Crippen LogP contribution in [0.5, 0.6) is 0 Å². The monoisotopic (exact) mass is 203 g/mol. The Bertz CT molecular complexity index is 323. The first kappa shape index (κ1) is 10.5. The minimum absolute atomic E-state index is 0.737. The summed E-state index contributed by atoms with van der Waals surface area (Å²) in [7, 11) is 0. The lowest BCUT2D eigenvalue weighted by Crippen LogP contribution is -2.15. The average molecular weight is 203 g/mol. The van der Waals surface area contributed by atoms with Gasteiger partial charge in [0.25, 0.3) is 0 Å². The maximum atomic E-state index is 5.91. The molecule has 0 heterocycles. The Balaban J connectivity index is 2.27. The van der Waals surface area contributed by atoms with Gasteiger partial charge in [0.15, 0.2) is 0 Å². The molecule has 1 nitrogen and oxygen atoms in total. The summed E-state index contributed by atoms with van der Waals surface area (Å²) >= 11 is 0. The SMILES string of the molecule is Cc1cc(N)cc(C2CCCCC2C)c1. The molecule has 82 valence electrons. The molecule has 0 aliphatic heterocycles. The Morgan fingerprint density at radius 1 is 1.13 bits per heavy atom. The number of hydrogen-bond acceptors (Lipinski definition) is 1. The molecule has 15 heavy (non-hydrogen) atoms. The lowest BCUT2D eigenvalue weighted by Gasteiger charge is -2.29. The van der Waals surface area contributed by atoms with E-state index in [4.69, 9.17) is 5.73 Å². The Hall–Kier alpha value is -0.980. The summed E-state index contributed by atoms with van der Waals surface area (Å²) in [5.74, 6) is 1.56. The van der Waals surface area contributed by atoms with Crippen molar-refractivity contribution >= 4 is 5.69 Å². The summed E-state index contributed by atoms with van der Waals surface area (Å²) in [5.41, 5.74) is 9.58. The van der Waals surface area contributed by atoms with E-state index in [2.05, 4.69) is 32.0 Å². The largest absolute Gasteiger partial charge is 0.399 e. The summed E-state index contributed by atoms with van der Waals surface area (Å²) in [6.45, 7) is 4.51. The third kappa shape index (κ3) is 2.34. The van der Waals surface area contributed by atoms with Crippen LogP contribution in [0.1, 0.15) is 49.7 Å². The summed E-state index contributed by atoms with van der Waals surface area (Å²) in [6, 6.07) is 6.53. The van der Waals surface area contributed by atoms with Crippen molar-refractivity contribution in [2.45, 2.75) is 45.4 Å². The molecule has 1 aliphatic rings. The minimum atomic E-state index is 0.737. The third-order valence-corrected chi connectivity index (χ3v) is 3.66. The van der Waals surface area contributed by atoms with Gasteiger partial charge in [-0.1, -0.05) is 32.3 Å². The second kappa shape index (κ2) is 4.26. The topological polar surface area (TPSA) is 26.0 Å². The van der Waals surface area contributed by atoms with Gasteiger partial charge in [-0.3, -0.25) is 0 Å². The molecule has 2 N–H and O–H groups in total. The van der Waals surface area contributed by atoms with E-state index >= 15 is 0 Å². The van der Waals surface area contributed by atoms with Crippen LogP contribution in [0.15, 0.2) is 18.2 Å². The van der Waals surface area contributed by atoms with E-state index in [1.54, 1.807) is 0 Å². The fourth-order valence-corrected chi connectivity index (χ4v) is 2.87. The van der Waals surface area contributed by atoms with Gasteiger partial charge in [-0.2, -0.15) is 0 Å². The van der Waals surface area contributed by atoms with E-state index in [1.165, 1.54) is 36.8 Å². The van der Waals surface area contributed by atoms with Crippen molar-refractivity contribution in [1.29, 1.82) is 0 Å². The Kier molecular flexibility index (Phi) is 2.99. The van der Waals surface area contributed by atoms with Gasteiger partial charge in [-0.15, -0.1) is 0 Å². The zero-order valence-corrected chi connectivity index (χ0v) is 9.79. The predicted molar refractivity (Wildman–Crippen MR) is 66.0 cm³/mol. The van der Waals surface area contributed by atoms with Crippen LogP contribution >= 0.6 is 0 Å². The Labute approximate surface area is 92.7 Å². The van der Waals surface area contributed by atoms with Crippen LogP contribution < -0.4 is 5.73 Å². The standard InChI is InChI=1S/C14H21N/c1-10-7-12(9-13(15)8-10)14-6-4-3-5-11(14)2/h7-9,11,14H,3-6,15H2,1-2H3. The third-order valence-electron chi connectivity index (χ3n) is 3.66. The van der Waals surface area contributed by atoms with Crippen LogP contribution in [0.25, 0.3) is 0 Å². The van der Waals surface area contributed by atoms with E-state index in [0.29, 0.717) is 0 Å².